The summed E-state index contributed by atoms with van der Waals surface area (Å²) < 4.78 is 0. The van der Waals surface area contributed by atoms with E-state index in [1.165, 1.54) is 11.1 Å². The molecule has 1 aliphatic rings. The number of aliphatic imine (C=N–C) groups is 1. The fourth-order valence-electron chi connectivity index (χ4n) is 2.08. The van der Waals surface area contributed by atoms with E-state index >= 15 is 0 Å². The van der Waals surface area contributed by atoms with Gasteiger partial charge in [-0.25, -0.2) is 9.97 Å². The van der Waals surface area contributed by atoms with E-state index in [-0.39, 0.29) is 0 Å². The first-order valence-corrected chi connectivity index (χ1v) is 6.31. The van der Waals surface area contributed by atoms with Crippen LogP contribution in [-0.4, -0.2) is 16.2 Å². The number of aromatic nitrogens is 2. The Morgan fingerprint density at radius 3 is 3.00 bits per heavy atom. The summed E-state index contributed by atoms with van der Waals surface area (Å²) in [5.41, 5.74) is 4.67. The lowest BCUT2D eigenvalue weighted by Gasteiger charge is -2.04. The van der Waals surface area contributed by atoms with Crippen molar-refractivity contribution in [3.8, 4) is 0 Å². The molecule has 2 aromatic rings. The fraction of sp³-hybridized carbons (Fsp3) is 0.214. The normalized spacial score (nSPS) is 12.7. The van der Waals surface area contributed by atoms with Crippen LogP contribution >= 0.6 is 11.6 Å². The summed E-state index contributed by atoms with van der Waals surface area (Å²) in [6.45, 7) is 0. The van der Waals surface area contributed by atoms with Crippen LogP contribution in [-0.2, 0) is 19.3 Å². The van der Waals surface area contributed by atoms with Crippen LogP contribution < -0.4 is 0 Å². The van der Waals surface area contributed by atoms with E-state index in [2.05, 4.69) is 33.2 Å². The van der Waals surface area contributed by atoms with Crippen LogP contribution in [0.4, 0.5) is 5.69 Å². The molecule has 1 aliphatic heterocycles. The highest BCUT2D eigenvalue weighted by Crippen LogP contribution is 2.25. The standard InChI is InChI=1S/C14H12ClN3/c15-14-17-8-6-12(18-14)4-2-10-1-3-11-5-7-16-13(11)9-10/h1,3,6-9H,2,4-5H2. The van der Waals surface area contributed by atoms with Crippen molar-refractivity contribution in [2.75, 3.05) is 0 Å². The van der Waals surface area contributed by atoms with Gasteiger partial charge < -0.3 is 0 Å². The van der Waals surface area contributed by atoms with Gasteiger partial charge in [0.1, 0.15) is 0 Å². The number of halogens is 1. The molecule has 1 aromatic carbocycles. The molecule has 0 aliphatic carbocycles. The third-order valence-corrected chi connectivity index (χ3v) is 3.23. The third kappa shape index (κ3) is 2.41. The van der Waals surface area contributed by atoms with E-state index in [0.29, 0.717) is 5.28 Å². The topological polar surface area (TPSA) is 38.1 Å². The maximum Gasteiger partial charge on any atom is 0.222 e. The van der Waals surface area contributed by atoms with Gasteiger partial charge in [-0.2, -0.15) is 0 Å². The SMILES string of the molecule is Clc1nccc(CCc2ccc3c(c2)N=CC3)n1. The van der Waals surface area contributed by atoms with E-state index in [0.717, 1.165) is 30.6 Å². The predicted molar refractivity (Wildman–Crippen MR) is 72.7 cm³/mol. The summed E-state index contributed by atoms with van der Waals surface area (Å²) in [6, 6.07) is 8.37. The molecule has 2 heterocycles. The molecule has 0 amide bonds. The van der Waals surface area contributed by atoms with Gasteiger partial charge in [0.15, 0.2) is 0 Å². The summed E-state index contributed by atoms with van der Waals surface area (Å²) >= 11 is 5.76. The first kappa shape index (κ1) is 11.4. The van der Waals surface area contributed by atoms with E-state index in [4.69, 9.17) is 11.6 Å². The van der Waals surface area contributed by atoms with Gasteiger partial charge in [-0.1, -0.05) is 12.1 Å². The summed E-state index contributed by atoms with van der Waals surface area (Å²) in [4.78, 5) is 12.4. The van der Waals surface area contributed by atoms with Crippen molar-refractivity contribution in [2.45, 2.75) is 19.3 Å². The molecule has 0 atom stereocenters. The van der Waals surface area contributed by atoms with Crippen molar-refractivity contribution in [3.63, 3.8) is 0 Å². The number of aryl methyl sites for hydroxylation is 2. The van der Waals surface area contributed by atoms with Crippen molar-refractivity contribution < 1.29 is 0 Å². The van der Waals surface area contributed by atoms with E-state index in [9.17, 15) is 0 Å². The van der Waals surface area contributed by atoms with E-state index < -0.39 is 0 Å². The Morgan fingerprint density at radius 2 is 2.11 bits per heavy atom. The quantitative estimate of drug-likeness (QED) is 0.792. The highest BCUT2D eigenvalue weighted by molar-refractivity contribution is 6.28. The van der Waals surface area contributed by atoms with Gasteiger partial charge >= 0.3 is 0 Å². The molecule has 0 saturated heterocycles. The Bertz CT molecular complexity index is 608. The minimum absolute atomic E-state index is 0.311. The number of hydrogen-bond donors (Lipinski definition) is 0. The summed E-state index contributed by atoms with van der Waals surface area (Å²) in [5, 5.41) is 0.311. The minimum Gasteiger partial charge on any atom is -0.261 e. The van der Waals surface area contributed by atoms with Crippen LogP contribution in [0.1, 0.15) is 16.8 Å². The molecule has 0 fully saturated rings. The molecule has 90 valence electrons. The molecular formula is C14H12ClN3. The lowest BCUT2D eigenvalue weighted by molar-refractivity contribution is 0.900. The number of rotatable bonds is 3. The second kappa shape index (κ2) is 4.86. The van der Waals surface area contributed by atoms with Gasteiger partial charge in [0.2, 0.25) is 5.28 Å². The molecule has 3 nitrogen and oxygen atoms in total. The zero-order valence-corrected chi connectivity index (χ0v) is 10.6. The predicted octanol–water partition coefficient (Wildman–Crippen LogP) is 3.17. The zero-order valence-electron chi connectivity index (χ0n) is 9.81. The number of hydrogen-bond acceptors (Lipinski definition) is 3. The molecule has 3 rings (SSSR count). The summed E-state index contributed by atoms with van der Waals surface area (Å²) in [5.74, 6) is 0. The second-order valence-corrected chi connectivity index (χ2v) is 4.63. The van der Waals surface area contributed by atoms with Crippen molar-refractivity contribution in [2.24, 2.45) is 4.99 Å². The maximum absolute atomic E-state index is 5.76. The molecule has 18 heavy (non-hydrogen) atoms. The first-order valence-electron chi connectivity index (χ1n) is 5.93. The van der Waals surface area contributed by atoms with Crippen LogP contribution in [0.25, 0.3) is 0 Å². The number of nitrogens with zero attached hydrogens (tertiary/aromatic N) is 3. The van der Waals surface area contributed by atoms with Crippen molar-refractivity contribution in [1.29, 1.82) is 0 Å². The Labute approximate surface area is 111 Å². The molecule has 0 bridgehead atoms. The largest absolute Gasteiger partial charge is 0.261 e. The average Bonchev–Trinajstić information content (AvgIpc) is 2.84. The van der Waals surface area contributed by atoms with Crippen LogP contribution in [0.5, 0.6) is 0 Å². The van der Waals surface area contributed by atoms with Gasteiger partial charge in [-0.15, -0.1) is 0 Å². The van der Waals surface area contributed by atoms with Crippen LogP contribution in [0.2, 0.25) is 5.28 Å². The van der Waals surface area contributed by atoms with Crippen molar-refractivity contribution >= 4 is 23.5 Å². The molecule has 1 aromatic heterocycles. The molecule has 0 spiro atoms. The van der Waals surface area contributed by atoms with Crippen LogP contribution in [0, 0.1) is 0 Å². The van der Waals surface area contributed by atoms with Crippen molar-refractivity contribution in [3.05, 3.63) is 52.6 Å². The number of fused-ring (bicyclic) bond motifs is 1. The maximum atomic E-state index is 5.76. The lowest BCUT2D eigenvalue weighted by Crippen LogP contribution is -1.96. The molecule has 4 heteroatoms. The number of benzene rings is 1. The highest BCUT2D eigenvalue weighted by atomic mass is 35.5. The summed E-state index contributed by atoms with van der Waals surface area (Å²) in [7, 11) is 0. The lowest BCUT2D eigenvalue weighted by atomic mass is 10.0. The Morgan fingerprint density at radius 1 is 1.17 bits per heavy atom. The van der Waals surface area contributed by atoms with E-state index in [1.54, 1.807) is 6.20 Å². The van der Waals surface area contributed by atoms with Crippen LogP contribution in [0.3, 0.4) is 0 Å². The molecule has 0 unspecified atom stereocenters. The molecular weight excluding hydrogens is 246 g/mol. The second-order valence-electron chi connectivity index (χ2n) is 4.30. The fourth-order valence-corrected chi connectivity index (χ4v) is 2.25. The Hall–Kier alpha value is -1.74. The molecule has 0 N–H and O–H groups in total. The average molecular weight is 258 g/mol. The van der Waals surface area contributed by atoms with Gasteiger partial charge in [-0.05, 0) is 47.7 Å². The van der Waals surface area contributed by atoms with Gasteiger partial charge in [-0.3, -0.25) is 4.99 Å². The Balaban J connectivity index is 1.72. The first-order chi connectivity index (χ1) is 8.81. The molecule has 0 saturated carbocycles. The van der Waals surface area contributed by atoms with Gasteiger partial charge in [0.05, 0.1) is 5.69 Å². The highest BCUT2D eigenvalue weighted by Gasteiger charge is 2.07. The summed E-state index contributed by atoms with van der Waals surface area (Å²) in [6.07, 6.45) is 6.41. The third-order valence-electron chi connectivity index (χ3n) is 3.04. The molecule has 0 radical (unpaired) electrons. The van der Waals surface area contributed by atoms with E-state index in [1.807, 2.05) is 12.3 Å². The smallest absolute Gasteiger partial charge is 0.222 e. The van der Waals surface area contributed by atoms with Gasteiger partial charge in [0.25, 0.3) is 0 Å². The van der Waals surface area contributed by atoms with Gasteiger partial charge in [0, 0.05) is 24.5 Å². The zero-order chi connectivity index (χ0) is 12.4. The van der Waals surface area contributed by atoms with Crippen LogP contribution in [0.15, 0.2) is 35.5 Å². The Kier molecular flexibility index (Phi) is 3.07. The monoisotopic (exact) mass is 257 g/mol. The minimum atomic E-state index is 0.311. The van der Waals surface area contributed by atoms with Crippen molar-refractivity contribution in [1.82, 2.24) is 9.97 Å².